The van der Waals surface area contributed by atoms with Crippen molar-refractivity contribution in [1.82, 2.24) is 0 Å². The number of rotatable bonds is 2. The minimum Gasteiger partial charge on any atom is -0.275 e. The van der Waals surface area contributed by atoms with Crippen LogP contribution in [0, 0.1) is 17.9 Å². The van der Waals surface area contributed by atoms with Crippen molar-refractivity contribution in [2.75, 3.05) is 0 Å². The molecule has 0 aliphatic heterocycles. The minimum absolute atomic E-state index is 0. The van der Waals surface area contributed by atoms with Gasteiger partial charge in [0.2, 0.25) is 0 Å². The molecule has 0 heterocycles. The first-order chi connectivity index (χ1) is 8.48. The van der Waals surface area contributed by atoms with Gasteiger partial charge >= 0.3 is 0 Å². The largest absolute Gasteiger partial charge is 0.275 e. The van der Waals surface area contributed by atoms with E-state index < -0.39 is 0 Å². The van der Waals surface area contributed by atoms with Gasteiger partial charge in [0.05, 0.1) is 0 Å². The monoisotopic (exact) mass is 472 g/mol. The molecule has 2 heteroatoms. The Morgan fingerprint density at radius 1 is 0.826 bits per heavy atom. The van der Waals surface area contributed by atoms with Crippen molar-refractivity contribution in [3.05, 3.63) is 40.4 Å². The first kappa shape index (κ1) is 39.4. The predicted molar refractivity (Wildman–Crippen MR) is 103 cm³/mol. The van der Waals surface area contributed by atoms with Crippen LogP contribution in [0.3, 0.4) is 0 Å². The quantitative estimate of drug-likeness (QED) is 0.282. The number of hydrogen-bond donors (Lipinski definition) is 0. The van der Waals surface area contributed by atoms with Crippen molar-refractivity contribution in [2.45, 2.75) is 91.0 Å². The smallest absolute Gasteiger partial charge is 0 e. The molecule has 0 rings (SSSR count). The normalized spacial score (nSPS) is 10.8. The summed E-state index contributed by atoms with van der Waals surface area (Å²) >= 11 is 0. The Labute approximate surface area is 200 Å². The van der Waals surface area contributed by atoms with Crippen LogP contribution in [-0.4, -0.2) is 0 Å². The molecule has 0 aliphatic rings. The molecule has 0 unspecified atom stereocenters. The second-order valence-electron chi connectivity index (χ2n) is 6.35. The van der Waals surface area contributed by atoms with Crippen LogP contribution in [0.2, 0.25) is 0 Å². The third-order valence-corrected chi connectivity index (χ3v) is 3.84. The molecule has 23 heavy (non-hydrogen) atoms. The van der Waals surface area contributed by atoms with E-state index in [0.717, 1.165) is 0 Å². The van der Waals surface area contributed by atoms with Crippen LogP contribution in [0.25, 0.3) is 0 Å². The van der Waals surface area contributed by atoms with E-state index in [1.165, 1.54) is 27.9 Å². The van der Waals surface area contributed by atoms with Gasteiger partial charge in [-0.15, -0.1) is 27.7 Å². The molecule has 2 radical (unpaired) electrons. The third kappa shape index (κ3) is 19.5. The summed E-state index contributed by atoms with van der Waals surface area (Å²) in [6.45, 7) is 23.6. The summed E-state index contributed by atoms with van der Waals surface area (Å²) < 4.78 is 0. The van der Waals surface area contributed by atoms with E-state index in [-0.39, 0.29) is 80.3 Å². The second kappa shape index (κ2) is 19.6. The van der Waals surface area contributed by atoms with E-state index in [1.54, 1.807) is 0 Å². The zero-order valence-electron chi connectivity index (χ0n) is 16.2. The van der Waals surface area contributed by atoms with Crippen LogP contribution in [0.5, 0.6) is 0 Å². The molecule has 0 aliphatic carbocycles. The van der Waals surface area contributed by atoms with Crippen LogP contribution in [0.1, 0.15) is 91.0 Å². The van der Waals surface area contributed by atoms with Gasteiger partial charge in [-0.05, 0) is 0 Å². The van der Waals surface area contributed by atoms with Gasteiger partial charge in [-0.25, -0.2) is 23.1 Å². The molecule has 0 saturated carbocycles. The Bertz CT molecular complexity index is 360. The van der Waals surface area contributed by atoms with Crippen molar-refractivity contribution in [2.24, 2.45) is 5.41 Å². The Morgan fingerprint density at radius 3 is 1.26 bits per heavy atom. The Kier molecular flexibility index (Phi) is 33.6. The zero-order chi connectivity index (χ0) is 15.8. The van der Waals surface area contributed by atoms with Crippen LogP contribution in [-0.2, 0) is 65.4 Å². The molecule has 0 bridgehead atoms. The van der Waals surface area contributed by atoms with Crippen LogP contribution in [0.4, 0.5) is 0 Å². The molecule has 0 amide bonds. The van der Waals surface area contributed by atoms with Crippen molar-refractivity contribution in [1.29, 1.82) is 0 Å². The summed E-state index contributed by atoms with van der Waals surface area (Å²) in [7, 11) is 0. The van der Waals surface area contributed by atoms with Gasteiger partial charge in [0.1, 0.15) is 0 Å². The van der Waals surface area contributed by atoms with E-state index in [0.29, 0.717) is 5.41 Å². The molecule has 0 aromatic carbocycles. The summed E-state index contributed by atoms with van der Waals surface area (Å²) in [5, 5.41) is 0. The molecule has 0 nitrogen and oxygen atoms in total. The van der Waals surface area contributed by atoms with Crippen LogP contribution >= 0.6 is 0 Å². The standard InChI is InChI=1S/C10H19.C9H15.2CH4.2Y/c1-7-8(2)9(3)10(4,5)6;1-6-8(4)9(5)7(2)3;;;;/h7H,1-6H3;1-5H3;2*1H4;;/q2*-1;;;;/b9-8-;;;;;. The molecular formula is C21H42Y2-2. The molecule has 0 atom stereocenters. The van der Waals surface area contributed by atoms with Gasteiger partial charge < -0.3 is 0 Å². The molecule has 0 fully saturated rings. The molecule has 0 N–H and O–H groups in total. The maximum absolute atomic E-state index is 3.10. The Balaban J connectivity index is -0.0000000537. The molecule has 0 spiro atoms. The maximum atomic E-state index is 3.10. The van der Waals surface area contributed by atoms with Gasteiger partial charge in [-0.3, -0.25) is 6.08 Å². The summed E-state index contributed by atoms with van der Waals surface area (Å²) in [5.41, 5.74) is 7.22. The molecule has 134 valence electrons. The van der Waals surface area contributed by atoms with Gasteiger partial charge in [0.25, 0.3) is 0 Å². The fourth-order valence-electron chi connectivity index (χ4n) is 1.37. The first-order valence-electron chi connectivity index (χ1n) is 7.12. The van der Waals surface area contributed by atoms with Crippen LogP contribution in [0.15, 0.2) is 27.9 Å². The van der Waals surface area contributed by atoms with Gasteiger partial charge in [0.15, 0.2) is 0 Å². The van der Waals surface area contributed by atoms with Crippen LogP contribution < -0.4 is 0 Å². The Hall–Kier alpha value is 1.30. The third-order valence-electron chi connectivity index (χ3n) is 3.84. The van der Waals surface area contributed by atoms with Crippen molar-refractivity contribution >= 4 is 0 Å². The second-order valence-corrected chi connectivity index (χ2v) is 6.35. The summed E-state index contributed by atoms with van der Waals surface area (Å²) in [6, 6.07) is 0. The van der Waals surface area contributed by atoms with E-state index in [2.05, 4.69) is 81.7 Å². The zero-order valence-corrected chi connectivity index (χ0v) is 21.9. The topological polar surface area (TPSA) is 0 Å². The molecular weight excluding hydrogens is 430 g/mol. The van der Waals surface area contributed by atoms with Gasteiger partial charge in [-0.2, -0.15) is 11.1 Å². The molecule has 0 aromatic rings. The van der Waals surface area contributed by atoms with Gasteiger partial charge in [0, 0.05) is 65.4 Å². The van der Waals surface area contributed by atoms with Crippen molar-refractivity contribution < 1.29 is 65.4 Å². The van der Waals surface area contributed by atoms with E-state index in [1.807, 2.05) is 6.92 Å². The average molecular weight is 472 g/mol. The Morgan fingerprint density at radius 2 is 1.17 bits per heavy atom. The summed E-state index contributed by atoms with van der Waals surface area (Å²) in [6.07, 6.45) is 5.27. The SMILES string of the molecule is C.C.C[C-]=C(C)C(C)=C(C)C.C[CH-]/C(C)=C(/C)C(C)(C)C.[Y].[Y]. The van der Waals surface area contributed by atoms with Crippen molar-refractivity contribution in [3.63, 3.8) is 0 Å². The molecule has 0 aromatic heterocycles. The average Bonchev–Trinajstić information content (AvgIpc) is 2.34. The summed E-state index contributed by atoms with van der Waals surface area (Å²) in [4.78, 5) is 0. The number of hydrogen-bond acceptors (Lipinski definition) is 0. The minimum atomic E-state index is 0. The first-order valence-corrected chi connectivity index (χ1v) is 7.12. The maximum Gasteiger partial charge on any atom is 0 e. The van der Waals surface area contributed by atoms with Crippen molar-refractivity contribution in [3.8, 4) is 0 Å². The number of allylic oxidation sites excluding steroid dienone is 6. The van der Waals surface area contributed by atoms with E-state index in [4.69, 9.17) is 0 Å². The molecule has 0 saturated heterocycles. The summed E-state index contributed by atoms with van der Waals surface area (Å²) in [5.74, 6) is 0. The van der Waals surface area contributed by atoms with Gasteiger partial charge in [-0.1, -0.05) is 68.7 Å². The predicted octanol–water partition coefficient (Wildman–Crippen LogP) is 7.97. The fraction of sp³-hybridized carbons (Fsp3) is 0.667. The van der Waals surface area contributed by atoms with E-state index >= 15 is 0 Å². The fourth-order valence-corrected chi connectivity index (χ4v) is 1.37. The van der Waals surface area contributed by atoms with E-state index in [9.17, 15) is 0 Å².